The monoisotopic (exact) mass is 385 g/mol. The van der Waals surface area contributed by atoms with Crippen LogP contribution in [0, 0.1) is 5.82 Å². The summed E-state index contributed by atoms with van der Waals surface area (Å²) in [5.41, 5.74) is 0.980. The fraction of sp³-hybridized carbons (Fsp3) is 0.150. The lowest BCUT2D eigenvalue weighted by atomic mass is 10.0. The molecule has 2 aromatic heterocycles. The Morgan fingerprint density at radius 3 is 2.67 bits per heavy atom. The predicted molar refractivity (Wildman–Crippen MR) is 100 cm³/mol. The number of carbonyl (C=O) groups excluding carboxylic acids is 1. The predicted octanol–water partition coefficient (Wildman–Crippen LogP) is 2.74. The van der Waals surface area contributed by atoms with E-state index in [0.717, 1.165) is 0 Å². The first-order chi connectivity index (χ1) is 13.1. The van der Waals surface area contributed by atoms with Crippen molar-refractivity contribution in [3.05, 3.63) is 89.9 Å². The van der Waals surface area contributed by atoms with Crippen molar-refractivity contribution >= 4 is 23.0 Å². The summed E-state index contributed by atoms with van der Waals surface area (Å²) in [6.45, 7) is 0.171. The molecule has 0 aliphatic carbocycles. The lowest BCUT2D eigenvalue weighted by Gasteiger charge is -2.14. The number of halogens is 1. The highest BCUT2D eigenvalue weighted by Crippen LogP contribution is 2.13. The van der Waals surface area contributed by atoms with Gasteiger partial charge >= 0.3 is 0 Å². The number of rotatable bonds is 7. The number of hydrogen-bond donors (Lipinski definition) is 2. The summed E-state index contributed by atoms with van der Waals surface area (Å²) >= 11 is 5.48. The van der Waals surface area contributed by atoms with Crippen molar-refractivity contribution in [2.24, 2.45) is 0 Å². The van der Waals surface area contributed by atoms with Gasteiger partial charge in [0.1, 0.15) is 11.6 Å². The highest BCUT2D eigenvalue weighted by molar-refractivity contribution is 7.80. The second-order valence-corrected chi connectivity index (χ2v) is 6.33. The second kappa shape index (κ2) is 8.66. The molecule has 27 heavy (non-hydrogen) atoms. The number of nitrogens with zero attached hydrogens (tertiary/aromatic N) is 1. The summed E-state index contributed by atoms with van der Waals surface area (Å²) in [5, 5.41) is 12.4. The van der Waals surface area contributed by atoms with Gasteiger partial charge in [0.2, 0.25) is 5.78 Å². The van der Waals surface area contributed by atoms with Crippen LogP contribution in [0.1, 0.15) is 27.7 Å². The minimum Gasteiger partial charge on any atom is -0.467 e. The van der Waals surface area contributed by atoms with E-state index in [1.807, 2.05) is 0 Å². The smallest absolute Gasteiger partial charge is 0.270 e. The largest absolute Gasteiger partial charge is 0.467 e. The van der Waals surface area contributed by atoms with E-state index in [-0.39, 0.29) is 12.4 Å². The Kier molecular flexibility index (Phi) is 6.05. The molecular weight excluding hydrogens is 367 g/mol. The number of carbonyl (C=O) groups is 1. The Bertz CT molecular complexity index is 927. The molecule has 0 spiro atoms. The summed E-state index contributed by atoms with van der Waals surface area (Å²) in [7, 11) is 0. The second-order valence-electron chi connectivity index (χ2n) is 5.89. The highest BCUT2D eigenvalue weighted by atomic mass is 32.1. The van der Waals surface area contributed by atoms with Gasteiger partial charge in [0.25, 0.3) is 6.04 Å². The summed E-state index contributed by atoms with van der Waals surface area (Å²) < 4.78 is 20.1. The molecule has 0 amide bonds. The molecule has 138 valence electrons. The van der Waals surface area contributed by atoms with Crippen molar-refractivity contribution < 1.29 is 23.3 Å². The Hall–Kier alpha value is -2.90. The van der Waals surface area contributed by atoms with Gasteiger partial charge in [0.15, 0.2) is 17.4 Å². The average molecular weight is 385 g/mol. The van der Waals surface area contributed by atoms with Gasteiger partial charge in [0, 0.05) is 17.2 Å². The molecule has 0 radical (unpaired) electrons. The summed E-state index contributed by atoms with van der Waals surface area (Å²) in [5.74, 6) is -0.0250. The molecule has 0 aliphatic rings. The topological polar surface area (TPSA) is 66.4 Å². The molecule has 0 bridgehead atoms. The number of Topliss-reactive ketones (excluding diaryl/α,β-unsaturated/α-hetero) is 1. The lowest BCUT2D eigenvalue weighted by Crippen LogP contribution is -2.51. The number of hydrogen-bond acceptors (Lipinski definition) is 4. The van der Waals surface area contributed by atoms with Gasteiger partial charge in [-0.15, -0.1) is 0 Å². The molecule has 5 nitrogen and oxygen atoms in total. The Balaban J connectivity index is 1.90. The summed E-state index contributed by atoms with van der Waals surface area (Å²) in [4.78, 5) is 13.4. The van der Waals surface area contributed by atoms with E-state index >= 15 is 0 Å². The third-order valence-electron chi connectivity index (χ3n) is 4.01. The van der Waals surface area contributed by atoms with Crippen molar-refractivity contribution in [2.45, 2.75) is 19.2 Å². The van der Waals surface area contributed by atoms with Crippen LogP contribution in [-0.4, -0.2) is 15.9 Å². The van der Waals surface area contributed by atoms with Crippen LogP contribution in [0.15, 0.2) is 71.6 Å². The van der Waals surface area contributed by atoms with E-state index in [1.165, 1.54) is 24.3 Å². The summed E-state index contributed by atoms with van der Waals surface area (Å²) in [6.07, 6.45) is 4.92. The maximum Gasteiger partial charge on any atom is 0.270 e. The van der Waals surface area contributed by atoms with Gasteiger partial charge in [-0.2, -0.15) is 4.57 Å². The normalized spacial score (nSPS) is 11.8. The molecule has 1 atom stereocenters. The Morgan fingerprint density at radius 2 is 2.00 bits per heavy atom. The number of thiocarbonyl (C=S) groups is 1. The van der Waals surface area contributed by atoms with Crippen molar-refractivity contribution in [3.63, 3.8) is 0 Å². The van der Waals surface area contributed by atoms with Crippen LogP contribution in [0.4, 0.5) is 4.39 Å². The molecule has 3 aromatic rings. The number of furan rings is 1. The fourth-order valence-corrected chi connectivity index (χ4v) is 2.94. The molecule has 2 heterocycles. The van der Waals surface area contributed by atoms with Crippen LogP contribution >= 0.6 is 12.2 Å². The molecule has 7 heteroatoms. The third-order valence-corrected chi connectivity index (χ3v) is 4.37. The minimum absolute atomic E-state index is 0.162. The number of nitrogens with one attached hydrogen (secondary N) is 1. The molecule has 3 rings (SSSR count). The first kappa shape index (κ1) is 18.9. The van der Waals surface area contributed by atoms with Crippen molar-refractivity contribution in [3.8, 4) is 0 Å². The fourth-order valence-electron chi connectivity index (χ4n) is 2.64. The van der Waals surface area contributed by atoms with Gasteiger partial charge in [0.05, 0.1) is 19.4 Å². The van der Waals surface area contributed by atoms with Crippen molar-refractivity contribution in [1.82, 2.24) is 5.32 Å². The van der Waals surface area contributed by atoms with E-state index in [0.29, 0.717) is 28.4 Å². The van der Waals surface area contributed by atoms with Crippen molar-refractivity contribution in [1.29, 1.82) is 0 Å². The van der Waals surface area contributed by atoms with Gasteiger partial charge < -0.3 is 14.8 Å². The van der Waals surface area contributed by atoms with Crippen LogP contribution < -0.4 is 9.88 Å². The van der Waals surface area contributed by atoms with Crippen LogP contribution in [-0.2, 0) is 13.2 Å². The zero-order chi connectivity index (χ0) is 19.2. The standard InChI is InChI=1S/C20H17FN2O3S/c21-16-7-5-15(6-8-16)19(25)18(23-9-1-3-14(12-23)13-24)20(27)22-11-17-4-2-10-26-17/h1-10,12,18,24H,11,13H2/p+1/t18-/m0/s1. The van der Waals surface area contributed by atoms with Crippen LogP contribution in [0.2, 0.25) is 0 Å². The van der Waals surface area contributed by atoms with Gasteiger partial charge in [-0.1, -0.05) is 12.2 Å². The Morgan fingerprint density at radius 1 is 1.22 bits per heavy atom. The van der Waals surface area contributed by atoms with Gasteiger partial charge in [-0.05, 0) is 42.5 Å². The maximum atomic E-state index is 13.2. The molecule has 0 unspecified atom stereocenters. The third kappa shape index (κ3) is 4.64. The lowest BCUT2D eigenvalue weighted by molar-refractivity contribution is -0.692. The molecule has 0 aliphatic heterocycles. The van der Waals surface area contributed by atoms with Crippen molar-refractivity contribution in [2.75, 3.05) is 0 Å². The molecule has 0 fully saturated rings. The number of aliphatic hydroxyl groups excluding tert-OH is 1. The number of aromatic nitrogens is 1. The van der Waals surface area contributed by atoms with Gasteiger partial charge in [-0.25, -0.2) is 4.39 Å². The number of aliphatic hydroxyl groups is 1. The quantitative estimate of drug-likeness (QED) is 0.372. The first-order valence-electron chi connectivity index (χ1n) is 8.29. The first-order valence-corrected chi connectivity index (χ1v) is 8.69. The van der Waals surface area contributed by atoms with E-state index in [4.69, 9.17) is 16.6 Å². The van der Waals surface area contributed by atoms with E-state index in [9.17, 15) is 14.3 Å². The molecule has 0 saturated heterocycles. The average Bonchev–Trinajstić information content (AvgIpc) is 3.21. The number of ketones is 1. The maximum absolute atomic E-state index is 13.2. The molecule has 2 N–H and O–H groups in total. The van der Waals surface area contributed by atoms with E-state index in [2.05, 4.69) is 5.32 Å². The minimum atomic E-state index is -0.841. The summed E-state index contributed by atoms with van der Waals surface area (Å²) in [6, 6.07) is 11.5. The van der Waals surface area contributed by atoms with Crippen LogP contribution in [0.25, 0.3) is 0 Å². The van der Waals surface area contributed by atoms with Crippen LogP contribution in [0.3, 0.4) is 0 Å². The van der Waals surface area contributed by atoms with E-state index < -0.39 is 11.9 Å². The SMILES string of the molecule is O=C(c1ccc(F)cc1)[C@@H](C(=S)NCc1ccco1)[n+]1cccc(CO)c1. The Labute approximate surface area is 161 Å². The zero-order valence-electron chi connectivity index (χ0n) is 14.3. The van der Waals surface area contributed by atoms with Gasteiger partial charge in [-0.3, -0.25) is 4.79 Å². The zero-order valence-corrected chi connectivity index (χ0v) is 15.2. The number of pyridine rings is 1. The van der Waals surface area contributed by atoms with E-state index in [1.54, 1.807) is 47.5 Å². The van der Waals surface area contributed by atoms with Crippen LogP contribution in [0.5, 0.6) is 0 Å². The number of benzene rings is 1. The molecule has 0 saturated carbocycles. The highest BCUT2D eigenvalue weighted by Gasteiger charge is 2.33. The molecular formula is C20H18FN2O3S+. The molecule has 1 aromatic carbocycles.